The molecule has 0 saturated heterocycles. The van der Waals surface area contributed by atoms with E-state index in [0.717, 1.165) is 17.7 Å². The van der Waals surface area contributed by atoms with Crippen LogP contribution >= 0.6 is 23.2 Å². The molecule has 206 valence electrons. The van der Waals surface area contributed by atoms with E-state index >= 15 is 0 Å². The molecule has 0 aliphatic rings. The Morgan fingerprint density at radius 1 is 0.923 bits per heavy atom. The van der Waals surface area contributed by atoms with Crippen molar-refractivity contribution >= 4 is 46.8 Å². The van der Waals surface area contributed by atoms with Gasteiger partial charge in [-0.25, -0.2) is 4.79 Å². The lowest BCUT2D eigenvalue weighted by Crippen LogP contribution is -2.33. The van der Waals surface area contributed by atoms with E-state index < -0.39 is 36.1 Å². The minimum absolute atomic E-state index is 0.0269. The zero-order valence-corrected chi connectivity index (χ0v) is 21.5. The Morgan fingerprint density at radius 3 is 2.18 bits per heavy atom. The molecule has 4 N–H and O–H groups in total. The Balaban J connectivity index is 1.74. The van der Waals surface area contributed by atoms with Gasteiger partial charge in [0, 0.05) is 17.8 Å². The minimum atomic E-state index is -4.83. The van der Waals surface area contributed by atoms with E-state index in [4.69, 9.17) is 28.3 Å². The van der Waals surface area contributed by atoms with E-state index in [1.165, 1.54) is 24.3 Å². The van der Waals surface area contributed by atoms with Crippen molar-refractivity contribution in [2.45, 2.75) is 25.2 Å². The molecule has 0 heterocycles. The first-order valence-corrected chi connectivity index (χ1v) is 12.1. The van der Waals surface area contributed by atoms with Gasteiger partial charge in [0.05, 0.1) is 22.5 Å². The Hall–Kier alpha value is -3.96. The van der Waals surface area contributed by atoms with E-state index in [0.29, 0.717) is 21.2 Å². The van der Waals surface area contributed by atoms with Crippen molar-refractivity contribution in [1.29, 1.82) is 0 Å². The lowest BCUT2D eigenvalue weighted by atomic mass is 9.97. The van der Waals surface area contributed by atoms with Crippen LogP contribution in [-0.4, -0.2) is 35.9 Å². The fourth-order valence-corrected chi connectivity index (χ4v) is 3.79. The van der Waals surface area contributed by atoms with E-state index in [1.807, 2.05) is 0 Å². The number of alkyl halides is 3. The molecule has 0 aromatic heterocycles. The summed E-state index contributed by atoms with van der Waals surface area (Å²) in [6, 6.07) is 14.7. The molecule has 3 amide bonds. The van der Waals surface area contributed by atoms with Crippen LogP contribution in [0.1, 0.15) is 33.9 Å². The van der Waals surface area contributed by atoms with Gasteiger partial charge in [-0.1, -0.05) is 41.4 Å². The third kappa shape index (κ3) is 9.69. The Kier molecular flexibility index (Phi) is 10.0. The topological polar surface area (TPSA) is 117 Å². The summed E-state index contributed by atoms with van der Waals surface area (Å²) in [5.74, 6) is -1.92. The van der Waals surface area contributed by atoms with Crippen LogP contribution in [-0.2, 0) is 11.2 Å². The van der Waals surface area contributed by atoms with Crippen LogP contribution in [0.2, 0.25) is 10.0 Å². The molecule has 8 nitrogen and oxygen atoms in total. The second kappa shape index (κ2) is 13.2. The molecule has 1 unspecified atom stereocenters. The number of carboxylic acid groups (broad SMARTS) is 1. The number of aliphatic carboxylic acids is 1. The third-order valence-electron chi connectivity index (χ3n) is 5.27. The number of ether oxygens (including phenoxy) is 1. The number of amides is 3. The van der Waals surface area contributed by atoms with Gasteiger partial charge in [0.2, 0.25) is 0 Å². The largest absolute Gasteiger partial charge is 0.573 e. The molecule has 39 heavy (non-hydrogen) atoms. The van der Waals surface area contributed by atoms with Crippen molar-refractivity contribution in [3.05, 3.63) is 93.5 Å². The van der Waals surface area contributed by atoms with Gasteiger partial charge in [-0.3, -0.25) is 9.59 Å². The van der Waals surface area contributed by atoms with Crippen molar-refractivity contribution in [3.63, 3.8) is 0 Å². The van der Waals surface area contributed by atoms with Gasteiger partial charge in [-0.2, -0.15) is 0 Å². The molecule has 0 aliphatic heterocycles. The minimum Gasteiger partial charge on any atom is -0.481 e. The van der Waals surface area contributed by atoms with Gasteiger partial charge >= 0.3 is 18.4 Å². The number of carbonyl (C=O) groups is 3. The average molecular weight is 584 g/mol. The maximum Gasteiger partial charge on any atom is 0.573 e. The highest BCUT2D eigenvalue weighted by atomic mass is 35.5. The number of anilines is 1. The molecular weight excluding hydrogens is 562 g/mol. The van der Waals surface area contributed by atoms with Crippen LogP contribution in [0.3, 0.4) is 0 Å². The smallest absolute Gasteiger partial charge is 0.481 e. The summed E-state index contributed by atoms with van der Waals surface area (Å²) < 4.78 is 40.9. The van der Waals surface area contributed by atoms with Gasteiger partial charge in [-0.05, 0) is 66.1 Å². The quantitative estimate of drug-likeness (QED) is 0.227. The van der Waals surface area contributed by atoms with Crippen molar-refractivity contribution in [3.8, 4) is 5.75 Å². The molecule has 0 bridgehead atoms. The monoisotopic (exact) mass is 583 g/mol. The number of rotatable bonds is 10. The molecule has 0 fully saturated rings. The summed E-state index contributed by atoms with van der Waals surface area (Å²) in [4.78, 5) is 35.7. The first-order chi connectivity index (χ1) is 18.4. The molecule has 3 aromatic carbocycles. The van der Waals surface area contributed by atoms with Crippen molar-refractivity contribution < 1.29 is 37.4 Å². The number of carbonyl (C=O) groups excluding carboxylic acids is 2. The van der Waals surface area contributed by atoms with Crippen LogP contribution in [0.15, 0.2) is 66.7 Å². The third-order valence-corrected chi connectivity index (χ3v) is 6.01. The number of benzene rings is 3. The molecule has 0 saturated carbocycles. The maximum absolute atomic E-state index is 12.8. The van der Waals surface area contributed by atoms with E-state index in [2.05, 4.69) is 20.7 Å². The number of hydrogen-bond donors (Lipinski definition) is 4. The highest BCUT2D eigenvalue weighted by Gasteiger charge is 2.31. The van der Waals surface area contributed by atoms with Crippen LogP contribution in [0.5, 0.6) is 5.75 Å². The average Bonchev–Trinajstić information content (AvgIpc) is 2.86. The van der Waals surface area contributed by atoms with Crippen molar-refractivity contribution in [2.75, 3.05) is 11.9 Å². The van der Waals surface area contributed by atoms with Crippen LogP contribution in [0, 0.1) is 0 Å². The molecule has 0 spiro atoms. The summed E-state index contributed by atoms with van der Waals surface area (Å²) >= 11 is 12.1. The number of halogens is 5. The fraction of sp³-hybridized carbons (Fsp3) is 0.192. The van der Waals surface area contributed by atoms with Gasteiger partial charge in [0.15, 0.2) is 0 Å². The van der Waals surface area contributed by atoms with Crippen LogP contribution in [0.4, 0.5) is 23.7 Å². The lowest BCUT2D eigenvalue weighted by molar-refractivity contribution is -0.274. The summed E-state index contributed by atoms with van der Waals surface area (Å²) in [5.41, 5.74) is 1.90. The van der Waals surface area contributed by atoms with Crippen molar-refractivity contribution in [1.82, 2.24) is 10.6 Å². The van der Waals surface area contributed by atoms with Gasteiger partial charge in [-0.15, -0.1) is 13.2 Å². The zero-order valence-electron chi connectivity index (χ0n) is 20.0. The molecule has 3 aromatic rings. The van der Waals surface area contributed by atoms with Crippen LogP contribution < -0.4 is 20.7 Å². The zero-order chi connectivity index (χ0) is 28.6. The number of urea groups is 1. The predicted molar refractivity (Wildman–Crippen MR) is 139 cm³/mol. The summed E-state index contributed by atoms with van der Waals surface area (Å²) in [6.07, 6.45) is -4.77. The molecule has 0 aliphatic carbocycles. The Bertz CT molecular complexity index is 1320. The normalized spacial score (nSPS) is 11.8. The first kappa shape index (κ1) is 29.6. The van der Waals surface area contributed by atoms with Gasteiger partial charge < -0.3 is 25.8 Å². The summed E-state index contributed by atoms with van der Waals surface area (Å²) in [5, 5.41) is 17.3. The lowest BCUT2D eigenvalue weighted by Gasteiger charge is -2.21. The van der Waals surface area contributed by atoms with Gasteiger partial charge in [0.25, 0.3) is 5.91 Å². The summed E-state index contributed by atoms with van der Waals surface area (Å²) in [6.45, 7) is -0.0269. The molecule has 1 atom stereocenters. The molecule has 3 rings (SSSR count). The number of carboxylic acids is 1. The predicted octanol–water partition coefficient (Wildman–Crippen LogP) is 6.20. The van der Waals surface area contributed by atoms with Crippen LogP contribution in [0.25, 0.3) is 0 Å². The highest BCUT2D eigenvalue weighted by Crippen LogP contribution is 2.27. The molecule has 13 heteroatoms. The summed E-state index contributed by atoms with van der Waals surface area (Å²) in [7, 11) is 0. The molecule has 0 radical (unpaired) electrons. The second-order valence-electron chi connectivity index (χ2n) is 8.20. The highest BCUT2D eigenvalue weighted by molar-refractivity contribution is 6.42. The maximum atomic E-state index is 12.8. The Morgan fingerprint density at radius 2 is 1.59 bits per heavy atom. The fourth-order valence-electron chi connectivity index (χ4n) is 3.47. The van der Waals surface area contributed by atoms with E-state index in [-0.39, 0.29) is 25.1 Å². The SMILES string of the molecule is O=C(O)CCNC(=O)c1ccc(C(Cc2ccc(Cl)c(Cl)c2)NC(=O)Nc2ccc(OC(F)(F)F)cc2)cc1. The standard InChI is InChI=1S/C26H22Cl2F3N3O5/c27-20-10-1-15(13-21(20)28)14-22(16-2-4-17(5-3-16)24(37)32-12-11-23(35)36)34-25(38)33-18-6-8-19(9-7-18)39-26(29,30)31/h1-10,13,22H,11-12,14H2,(H,32,37)(H,35,36)(H2,33,34,38). The number of hydrogen-bond acceptors (Lipinski definition) is 4. The number of nitrogens with one attached hydrogen (secondary N) is 3. The van der Waals surface area contributed by atoms with E-state index in [1.54, 1.807) is 30.3 Å². The van der Waals surface area contributed by atoms with Gasteiger partial charge in [0.1, 0.15) is 5.75 Å². The molecular formula is C26H22Cl2F3N3O5. The first-order valence-electron chi connectivity index (χ1n) is 11.4. The second-order valence-corrected chi connectivity index (χ2v) is 9.01. The van der Waals surface area contributed by atoms with E-state index in [9.17, 15) is 27.6 Å². The Labute approximate surface area is 231 Å². The van der Waals surface area contributed by atoms with Crippen molar-refractivity contribution in [2.24, 2.45) is 0 Å².